The first-order valence-corrected chi connectivity index (χ1v) is 9.75. The zero-order valence-electron chi connectivity index (χ0n) is 15.4. The molecule has 1 amide bonds. The molecule has 0 saturated heterocycles. The summed E-state index contributed by atoms with van der Waals surface area (Å²) in [5.41, 5.74) is 7.29. The third-order valence-corrected chi connectivity index (χ3v) is 5.02. The lowest BCUT2D eigenvalue weighted by Gasteiger charge is -2.10. The van der Waals surface area contributed by atoms with Gasteiger partial charge >= 0.3 is 0 Å². The van der Waals surface area contributed by atoms with Crippen molar-refractivity contribution >= 4 is 28.8 Å². The highest BCUT2D eigenvalue weighted by Gasteiger charge is 2.13. The van der Waals surface area contributed by atoms with E-state index in [2.05, 4.69) is 4.98 Å². The van der Waals surface area contributed by atoms with Crippen LogP contribution in [0.2, 0.25) is 5.02 Å². The fourth-order valence-electron chi connectivity index (χ4n) is 2.55. The van der Waals surface area contributed by atoms with Crippen molar-refractivity contribution in [1.29, 1.82) is 0 Å². The van der Waals surface area contributed by atoms with Crippen molar-refractivity contribution in [2.24, 2.45) is 5.73 Å². The van der Waals surface area contributed by atoms with Crippen LogP contribution < -0.4 is 19.9 Å². The number of methoxy groups -OCH3 is 1. The van der Waals surface area contributed by atoms with Gasteiger partial charge in [-0.1, -0.05) is 11.6 Å². The Labute approximate surface area is 171 Å². The second kappa shape index (κ2) is 8.95. The van der Waals surface area contributed by atoms with Gasteiger partial charge in [-0.05, 0) is 43.3 Å². The Morgan fingerprint density at radius 2 is 1.96 bits per heavy atom. The fraction of sp³-hybridized carbons (Fsp3) is 0.200. The van der Waals surface area contributed by atoms with Crippen LogP contribution in [0.4, 0.5) is 0 Å². The van der Waals surface area contributed by atoms with Crippen LogP contribution >= 0.6 is 22.9 Å². The number of thiazole rings is 1. The molecule has 2 N–H and O–H groups in total. The van der Waals surface area contributed by atoms with Gasteiger partial charge in [-0.3, -0.25) is 4.79 Å². The second-order valence-corrected chi connectivity index (χ2v) is 7.03. The highest BCUT2D eigenvalue weighted by molar-refractivity contribution is 7.13. The van der Waals surface area contributed by atoms with Gasteiger partial charge in [0.05, 0.1) is 25.0 Å². The summed E-state index contributed by atoms with van der Waals surface area (Å²) in [6.45, 7) is 2.67. The molecule has 146 valence electrons. The maximum absolute atomic E-state index is 11.5. The predicted molar refractivity (Wildman–Crippen MR) is 110 cm³/mol. The molecule has 3 aromatic rings. The lowest BCUT2D eigenvalue weighted by Crippen LogP contribution is -2.13. The number of halogens is 1. The summed E-state index contributed by atoms with van der Waals surface area (Å²) in [7, 11) is 1.60. The van der Waals surface area contributed by atoms with Crippen molar-refractivity contribution in [1.82, 2.24) is 4.98 Å². The standard InChI is InChI=1S/C20H19ClN2O4S/c1-3-26-16-7-4-12(8-18(16)25-2)20-23-14(11-28-20)10-27-17-9-13(21)5-6-15(17)19(22)24/h4-9,11H,3,10H2,1-2H3,(H2,22,24). The summed E-state index contributed by atoms with van der Waals surface area (Å²) in [5.74, 6) is 1.09. The molecule has 28 heavy (non-hydrogen) atoms. The summed E-state index contributed by atoms with van der Waals surface area (Å²) in [5, 5.41) is 3.17. The molecule has 0 fully saturated rings. The number of amides is 1. The summed E-state index contributed by atoms with van der Waals surface area (Å²) in [4.78, 5) is 16.1. The molecule has 0 saturated carbocycles. The molecule has 2 aromatic carbocycles. The van der Waals surface area contributed by atoms with Crippen LogP contribution in [0.25, 0.3) is 10.6 Å². The molecule has 1 aromatic heterocycles. The van der Waals surface area contributed by atoms with E-state index in [4.69, 9.17) is 31.5 Å². The van der Waals surface area contributed by atoms with Gasteiger partial charge in [-0.15, -0.1) is 11.3 Å². The van der Waals surface area contributed by atoms with E-state index in [1.54, 1.807) is 25.3 Å². The van der Waals surface area contributed by atoms with Crippen molar-refractivity contribution in [3.8, 4) is 27.8 Å². The third-order valence-electron chi connectivity index (χ3n) is 3.85. The van der Waals surface area contributed by atoms with Crippen molar-refractivity contribution in [3.05, 3.63) is 58.1 Å². The fourth-order valence-corrected chi connectivity index (χ4v) is 3.52. The lowest BCUT2D eigenvalue weighted by molar-refractivity contribution is 0.0996. The molecule has 0 radical (unpaired) electrons. The van der Waals surface area contributed by atoms with Gasteiger partial charge in [0.1, 0.15) is 17.4 Å². The summed E-state index contributed by atoms with van der Waals surface area (Å²) in [6.07, 6.45) is 0. The zero-order valence-corrected chi connectivity index (χ0v) is 17.0. The molecule has 3 rings (SSSR count). The number of rotatable bonds is 8. The van der Waals surface area contributed by atoms with E-state index in [0.29, 0.717) is 28.9 Å². The zero-order chi connectivity index (χ0) is 20.1. The van der Waals surface area contributed by atoms with Crippen molar-refractivity contribution < 1.29 is 19.0 Å². The largest absolute Gasteiger partial charge is 0.493 e. The first-order valence-electron chi connectivity index (χ1n) is 8.49. The van der Waals surface area contributed by atoms with Crippen molar-refractivity contribution in [2.45, 2.75) is 13.5 Å². The molecule has 0 aliphatic carbocycles. The number of ether oxygens (including phenoxy) is 3. The summed E-state index contributed by atoms with van der Waals surface area (Å²) < 4.78 is 16.7. The van der Waals surface area contributed by atoms with E-state index in [1.807, 2.05) is 30.5 Å². The highest BCUT2D eigenvalue weighted by atomic mass is 35.5. The van der Waals surface area contributed by atoms with Crippen LogP contribution in [0.5, 0.6) is 17.2 Å². The minimum Gasteiger partial charge on any atom is -0.493 e. The highest BCUT2D eigenvalue weighted by Crippen LogP contribution is 2.34. The number of carbonyl (C=O) groups is 1. The van der Waals surface area contributed by atoms with Crippen LogP contribution in [-0.4, -0.2) is 24.6 Å². The number of benzene rings is 2. The number of nitrogens with zero attached hydrogens (tertiary/aromatic N) is 1. The molecule has 0 aliphatic heterocycles. The van der Waals surface area contributed by atoms with Crippen LogP contribution in [0.1, 0.15) is 23.0 Å². The molecular weight excluding hydrogens is 400 g/mol. The Morgan fingerprint density at radius 3 is 2.68 bits per heavy atom. The van der Waals surface area contributed by atoms with Crippen LogP contribution in [0.3, 0.4) is 0 Å². The van der Waals surface area contributed by atoms with E-state index >= 15 is 0 Å². The third kappa shape index (κ3) is 4.55. The number of hydrogen-bond donors (Lipinski definition) is 1. The average molecular weight is 419 g/mol. The van der Waals surface area contributed by atoms with Gasteiger partial charge in [-0.2, -0.15) is 0 Å². The predicted octanol–water partition coefficient (Wildman–Crippen LogP) is 4.55. The van der Waals surface area contributed by atoms with Gasteiger partial charge in [0.15, 0.2) is 11.5 Å². The molecule has 0 bridgehead atoms. The van der Waals surface area contributed by atoms with E-state index in [9.17, 15) is 4.79 Å². The van der Waals surface area contributed by atoms with Gasteiger partial charge in [0, 0.05) is 16.0 Å². The Bertz CT molecular complexity index is 990. The van der Waals surface area contributed by atoms with Gasteiger partial charge in [0.25, 0.3) is 5.91 Å². The van der Waals surface area contributed by atoms with E-state index in [-0.39, 0.29) is 12.2 Å². The maximum Gasteiger partial charge on any atom is 0.252 e. The molecule has 0 spiro atoms. The summed E-state index contributed by atoms with van der Waals surface area (Å²) in [6, 6.07) is 10.4. The quantitative estimate of drug-likeness (QED) is 0.580. The number of primary amides is 1. The number of aromatic nitrogens is 1. The van der Waals surface area contributed by atoms with Crippen LogP contribution in [0.15, 0.2) is 41.8 Å². The minimum atomic E-state index is -0.577. The molecule has 0 unspecified atom stereocenters. The number of carbonyl (C=O) groups excluding carboxylic acids is 1. The first kappa shape index (κ1) is 20.0. The Morgan fingerprint density at radius 1 is 1.14 bits per heavy atom. The Hall–Kier alpha value is -2.77. The Kier molecular flexibility index (Phi) is 6.38. The maximum atomic E-state index is 11.5. The average Bonchev–Trinajstić information content (AvgIpc) is 3.15. The molecule has 6 nitrogen and oxygen atoms in total. The van der Waals surface area contributed by atoms with Crippen LogP contribution in [0, 0.1) is 0 Å². The lowest BCUT2D eigenvalue weighted by atomic mass is 10.2. The monoisotopic (exact) mass is 418 g/mol. The number of hydrogen-bond acceptors (Lipinski definition) is 6. The SMILES string of the molecule is CCOc1ccc(-c2nc(COc3cc(Cl)ccc3C(N)=O)cs2)cc1OC. The van der Waals surface area contributed by atoms with E-state index in [1.165, 1.54) is 11.3 Å². The summed E-state index contributed by atoms with van der Waals surface area (Å²) >= 11 is 7.47. The van der Waals surface area contributed by atoms with Gasteiger partial charge in [-0.25, -0.2) is 4.98 Å². The topological polar surface area (TPSA) is 83.7 Å². The van der Waals surface area contributed by atoms with Crippen molar-refractivity contribution in [2.75, 3.05) is 13.7 Å². The number of nitrogens with two attached hydrogens (primary N) is 1. The molecule has 8 heteroatoms. The van der Waals surface area contributed by atoms with Crippen LogP contribution in [-0.2, 0) is 6.61 Å². The molecule has 1 heterocycles. The van der Waals surface area contributed by atoms with E-state index < -0.39 is 5.91 Å². The molecular formula is C20H19ClN2O4S. The van der Waals surface area contributed by atoms with Crippen molar-refractivity contribution in [3.63, 3.8) is 0 Å². The van der Waals surface area contributed by atoms with E-state index in [0.717, 1.165) is 16.3 Å². The van der Waals surface area contributed by atoms with Gasteiger partial charge < -0.3 is 19.9 Å². The molecule has 0 atom stereocenters. The minimum absolute atomic E-state index is 0.186. The molecule has 0 aliphatic rings. The second-order valence-electron chi connectivity index (χ2n) is 5.74. The normalized spacial score (nSPS) is 10.5. The first-order chi connectivity index (χ1) is 13.5. The van der Waals surface area contributed by atoms with Gasteiger partial charge in [0.2, 0.25) is 0 Å². The smallest absolute Gasteiger partial charge is 0.252 e. The Balaban J connectivity index is 1.77.